The molecule has 0 N–H and O–H groups in total. The molecule has 1 heterocycles. The summed E-state index contributed by atoms with van der Waals surface area (Å²) in [6.45, 7) is 21.3. The van der Waals surface area contributed by atoms with E-state index < -0.39 is 16.1 Å². The van der Waals surface area contributed by atoms with Gasteiger partial charge in [0.2, 0.25) is 0 Å². The van der Waals surface area contributed by atoms with Crippen molar-refractivity contribution in [3.63, 3.8) is 0 Å². The maximum atomic E-state index is 4.62. The fourth-order valence-electron chi connectivity index (χ4n) is 2.67. The Hall–Kier alpha value is -0.596. The third-order valence-electron chi connectivity index (χ3n) is 3.74. The number of aromatic nitrogens is 3. The zero-order chi connectivity index (χ0) is 17.6. The van der Waals surface area contributed by atoms with Crippen LogP contribution in [0.5, 0.6) is 0 Å². The Labute approximate surface area is 147 Å². The van der Waals surface area contributed by atoms with E-state index in [1.165, 1.54) is 10.7 Å². The molecular formula is C17H31N3SSi2. The lowest BCUT2D eigenvalue weighted by Gasteiger charge is -2.34. The Kier molecular flexibility index (Phi) is 4.92. The van der Waals surface area contributed by atoms with Crippen LogP contribution in [0, 0.1) is 0 Å². The molecule has 0 radical (unpaired) electrons. The Balaban J connectivity index is 2.62. The van der Waals surface area contributed by atoms with Crippen molar-refractivity contribution in [2.75, 3.05) is 0 Å². The molecule has 2 aromatic rings. The second-order valence-corrected chi connectivity index (χ2v) is 22.0. The minimum atomic E-state index is -1.45. The lowest BCUT2D eigenvalue weighted by Crippen LogP contribution is -2.38. The van der Waals surface area contributed by atoms with Crippen molar-refractivity contribution in [2.45, 2.75) is 69.8 Å². The standard InChI is InChI=1S/C17H31N3SSi2/c1-17(2,3)21-16(23(7,8)9)20-13-11-10-12-14(22(4,5)6)15(13)18-19-20/h10-12,16H,1-9H3. The molecule has 3 nitrogen and oxygen atoms in total. The van der Waals surface area contributed by atoms with Crippen LogP contribution in [0.3, 0.4) is 0 Å². The van der Waals surface area contributed by atoms with Gasteiger partial charge in [-0.15, -0.1) is 16.9 Å². The molecule has 2 rings (SSSR count). The molecule has 0 spiro atoms. The van der Waals surface area contributed by atoms with Gasteiger partial charge in [0.15, 0.2) is 0 Å². The fourth-order valence-corrected chi connectivity index (χ4v) is 8.48. The summed E-state index contributed by atoms with van der Waals surface area (Å²) in [5.41, 5.74) is 2.32. The number of benzene rings is 1. The van der Waals surface area contributed by atoms with Crippen molar-refractivity contribution in [2.24, 2.45) is 0 Å². The zero-order valence-electron chi connectivity index (χ0n) is 16.1. The molecule has 0 aliphatic carbocycles. The minimum Gasteiger partial charge on any atom is -0.235 e. The lowest BCUT2D eigenvalue weighted by molar-refractivity contribution is 0.677. The van der Waals surface area contributed by atoms with Crippen LogP contribution < -0.4 is 5.19 Å². The van der Waals surface area contributed by atoms with E-state index in [0.717, 1.165) is 5.52 Å². The van der Waals surface area contributed by atoms with E-state index in [2.05, 4.69) is 93.2 Å². The van der Waals surface area contributed by atoms with Crippen molar-refractivity contribution in [1.29, 1.82) is 0 Å². The summed E-state index contributed by atoms with van der Waals surface area (Å²) in [5.74, 6) is 0. The summed E-state index contributed by atoms with van der Waals surface area (Å²) >= 11 is 2.03. The second-order valence-electron chi connectivity index (χ2n) is 9.41. The van der Waals surface area contributed by atoms with Crippen molar-refractivity contribution in [1.82, 2.24) is 15.0 Å². The van der Waals surface area contributed by atoms with Gasteiger partial charge in [-0.05, 0) is 11.3 Å². The van der Waals surface area contributed by atoms with E-state index in [1.54, 1.807) is 0 Å². The predicted octanol–water partition coefficient (Wildman–Crippen LogP) is 4.88. The molecule has 6 heteroatoms. The van der Waals surface area contributed by atoms with Crippen molar-refractivity contribution < 1.29 is 0 Å². The van der Waals surface area contributed by atoms with Crippen molar-refractivity contribution in [3.05, 3.63) is 18.2 Å². The van der Waals surface area contributed by atoms with Crippen LogP contribution in [0.2, 0.25) is 39.3 Å². The predicted molar refractivity (Wildman–Crippen MR) is 110 cm³/mol. The molecular weight excluding hydrogens is 334 g/mol. The molecule has 0 saturated carbocycles. The van der Waals surface area contributed by atoms with Gasteiger partial charge in [0.1, 0.15) is 5.52 Å². The molecule has 0 bridgehead atoms. The normalized spacial score (nSPS) is 15.2. The summed E-state index contributed by atoms with van der Waals surface area (Å²) < 4.78 is 2.42. The number of thioether (sulfide) groups is 1. The molecule has 0 fully saturated rings. The first kappa shape index (κ1) is 18.7. The van der Waals surface area contributed by atoms with Gasteiger partial charge in [0, 0.05) is 4.75 Å². The van der Waals surface area contributed by atoms with Crippen molar-refractivity contribution in [3.8, 4) is 0 Å². The molecule has 0 amide bonds. The van der Waals surface area contributed by atoms with E-state index in [0.29, 0.717) is 5.00 Å². The van der Waals surface area contributed by atoms with Crippen LogP contribution in [-0.4, -0.2) is 35.9 Å². The molecule has 1 aromatic heterocycles. The Bertz CT molecular complexity index is 690. The van der Waals surface area contributed by atoms with Crippen LogP contribution >= 0.6 is 11.8 Å². The summed E-state index contributed by atoms with van der Waals surface area (Å²) in [7, 11) is -2.87. The summed E-state index contributed by atoms with van der Waals surface area (Å²) in [6, 6.07) is 6.61. The highest BCUT2D eigenvalue weighted by Crippen LogP contribution is 2.41. The van der Waals surface area contributed by atoms with Crippen LogP contribution in [0.15, 0.2) is 18.2 Å². The average molecular weight is 366 g/mol. The molecule has 0 saturated heterocycles. The molecule has 1 aromatic carbocycles. The smallest absolute Gasteiger partial charge is 0.112 e. The third-order valence-corrected chi connectivity index (χ3v) is 11.1. The maximum absolute atomic E-state index is 4.62. The number of rotatable bonds is 4. The number of hydrogen-bond donors (Lipinski definition) is 0. The Morgan fingerprint density at radius 2 is 1.65 bits per heavy atom. The number of nitrogens with zero attached hydrogens (tertiary/aromatic N) is 3. The summed E-state index contributed by atoms with van der Waals surface area (Å²) in [5, 5.41) is 10.6. The first-order valence-corrected chi connectivity index (χ1v) is 16.3. The number of hydrogen-bond acceptors (Lipinski definition) is 3. The highest BCUT2D eigenvalue weighted by Gasteiger charge is 2.35. The van der Waals surface area contributed by atoms with Gasteiger partial charge in [-0.25, -0.2) is 4.68 Å². The van der Waals surface area contributed by atoms with Crippen LogP contribution in [0.1, 0.15) is 25.8 Å². The van der Waals surface area contributed by atoms with E-state index in [9.17, 15) is 0 Å². The fraction of sp³-hybridized carbons (Fsp3) is 0.647. The third kappa shape index (κ3) is 4.28. The summed E-state index contributed by atoms with van der Waals surface area (Å²) in [6.07, 6.45) is 0. The largest absolute Gasteiger partial charge is 0.235 e. The maximum Gasteiger partial charge on any atom is 0.112 e. The highest BCUT2D eigenvalue weighted by atomic mass is 32.2. The van der Waals surface area contributed by atoms with Gasteiger partial charge < -0.3 is 0 Å². The number of fused-ring (bicyclic) bond motifs is 1. The highest BCUT2D eigenvalue weighted by molar-refractivity contribution is 8.02. The van der Waals surface area contributed by atoms with Gasteiger partial charge in [-0.3, -0.25) is 0 Å². The molecule has 0 aliphatic heterocycles. The van der Waals surface area contributed by atoms with Crippen LogP contribution in [0.25, 0.3) is 11.0 Å². The average Bonchev–Trinajstić information content (AvgIpc) is 2.75. The lowest BCUT2D eigenvalue weighted by atomic mass is 10.3. The monoisotopic (exact) mass is 365 g/mol. The zero-order valence-corrected chi connectivity index (χ0v) is 18.9. The van der Waals surface area contributed by atoms with E-state index in [4.69, 9.17) is 0 Å². The SMILES string of the molecule is CC(C)(C)SC(n1nnc2c([Si](C)(C)C)cccc21)[Si](C)(C)C. The second kappa shape index (κ2) is 6.04. The minimum absolute atomic E-state index is 0.208. The molecule has 1 atom stereocenters. The summed E-state index contributed by atoms with van der Waals surface area (Å²) in [4.78, 5) is 0.393. The van der Waals surface area contributed by atoms with E-state index in [-0.39, 0.29) is 4.75 Å². The first-order valence-electron chi connectivity index (χ1n) is 8.33. The molecule has 1 unspecified atom stereocenters. The van der Waals surface area contributed by atoms with Crippen LogP contribution in [0.4, 0.5) is 0 Å². The quantitative estimate of drug-likeness (QED) is 0.723. The van der Waals surface area contributed by atoms with Gasteiger partial charge in [0.25, 0.3) is 0 Å². The van der Waals surface area contributed by atoms with Gasteiger partial charge in [-0.1, -0.05) is 77.4 Å². The van der Waals surface area contributed by atoms with Crippen molar-refractivity contribution >= 4 is 44.1 Å². The molecule has 23 heavy (non-hydrogen) atoms. The van der Waals surface area contributed by atoms with Crippen LogP contribution in [-0.2, 0) is 0 Å². The molecule has 128 valence electrons. The van der Waals surface area contributed by atoms with E-state index >= 15 is 0 Å². The molecule has 0 aliphatic rings. The Morgan fingerprint density at radius 3 is 2.13 bits per heavy atom. The van der Waals surface area contributed by atoms with Gasteiger partial charge in [0.05, 0.1) is 26.7 Å². The first-order chi connectivity index (χ1) is 10.3. The Morgan fingerprint density at radius 1 is 1.04 bits per heavy atom. The van der Waals surface area contributed by atoms with Gasteiger partial charge >= 0.3 is 0 Å². The van der Waals surface area contributed by atoms with E-state index in [1.807, 2.05) is 11.8 Å². The van der Waals surface area contributed by atoms with Gasteiger partial charge in [-0.2, -0.15) is 0 Å². The topological polar surface area (TPSA) is 30.7 Å².